The van der Waals surface area contributed by atoms with Gasteiger partial charge in [0.25, 0.3) is 0 Å². The first-order chi connectivity index (χ1) is 10.4. The number of nitrogens with zero attached hydrogens (tertiary/aromatic N) is 3. The summed E-state index contributed by atoms with van der Waals surface area (Å²) in [6.07, 6.45) is -3.03. The van der Waals surface area contributed by atoms with Gasteiger partial charge in [0.15, 0.2) is 5.82 Å². The van der Waals surface area contributed by atoms with Crippen molar-refractivity contribution in [3.05, 3.63) is 36.0 Å². The molecule has 0 saturated heterocycles. The number of aromatic nitrogens is 3. The highest BCUT2D eigenvalue weighted by Gasteiger charge is 2.33. The molecule has 0 unspecified atom stereocenters. The van der Waals surface area contributed by atoms with Crippen molar-refractivity contribution in [1.82, 2.24) is 15.2 Å². The first kappa shape index (κ1) is 16.0. The fourth-order valence-electron chi connectivity index (χ4n) is 1.71. The summed E-state index contributed by atoms with van der Waals surface area (Å²) in [5, 5.41) is 13.0. The second kappa shape index (κ2) is 6.59. The Balaban J connectivity index is 2.19. The maximum atomic E-state index is 12.9. The number of benzene rings is 1. The topological polar surface area (TPSA) is 62.7 Å². The molecule has 0 aliphatic rings. The van der Waals surface area contributed by atoms with Gasteiger partial charge in [-0.05, 0) is 18.1 Å². The van der Waals surface area contributed by atoms with Crippen LogP contribution in [0.5, 0.6) is 0 Å². The molecule has 1 heterocycles. The molecule has 0 spiro atoms. The van der Waals surface area contributed by atoms with Crippen LogP contribution in [0.1, 0.15) is 19.4 Å². The van der Waals surface area contributed by atoms with E-state index in [1.165, 1.54) is 24.4 Å². The number of halogens is 3. The summed E-state index contributed by atoms with van der Waals surface area (Å²) in [6, 6.07) is 5.15. The quantitative estimate of drug-likeness (QED) is 0.881. The molecule has 1 aromatic carbocycles. The lowest BCUT2D eigenvalue weighted by Crippen LogP contribution is -2.12. The molecule has 0 radical (unpaired) electrons. The molecule has 0 atom stereocenters. The summed E-state index contributed by atoms with van der Waals surface area (Å²) in [5.74, 6) is 0.860. The standard InChI is InChI=1S/C14H16F3N5/c1-9(2)7-18-12-8-19-22-13(21-12)20-11-6-4-3-5-10(11)14(15,16)17/h3-6,8-9H,7H2,1-2H3,(H2,18,20,21,22). The van der Waals surface area contributed by atoms with Gasteiger partial charge in [-0.15, -0.1) is 5.10 Å². The van der Waals surface area contributed by atoms with E-state index in [-0.39, 0.29) is 11.6 Å². The summed E-state index contributed by atoms with van der Waals surface area (Å²) in [7, 11) is 0. The molecule has 5 nitrogen and oxygen atoms in total. The van der Waals surface area contributed by atoms with Crippen LogP contribution in [0.2, 0.25) is 0 Å². The zero-order valence-corrected chi connectivity index (χ0v) is 12.1. The molecular weight excluding hydrogens is 295 g/mol. The monoisotopic (exact) mass is 311 g/mol. The average Bonchev–Trinajstić information content (AvgIpc) is 2.45. The Morgan fingerprint density at radius 3 is 2.59 bits per heavy atom. The van der Waals surface area contributed by atoms with Gasteiger partial charge in [0.2, 0.25) is 5.95 Å². The number of nitrogens with one attached hydrogen (secondary N) is 2. The summed E-state index contributed by atoms with van der Waals surface area (Å²) < 4.78 is 38.8. The number of hydrogen-bond donors (Lipinski definition) is 2. The van der Waals surface area contributed by atoms with E-state index in [4.69, 9.17) is 0 Å². The van der Waals surface area contributed by atoms with E-state index >= 15 is 0 Å². The lowest BCUT2D eigenvalue weighted by molar-refractivity contribution is -0.136. The van der Waals surface area contributed by atoms with Gasteiger partial charge in [-0.3, -0.25) is 0 Å². The van der Waals surface area contributed by atoms with Crippen molar-refractivity contribution in [1.29, 1.82) is 0 Å². The number of rotatable bonds is 5. The van der Waals surface area contributed by atoms with Crippen molar-refractivity contribution < 1.29 is 13.2 Å². The largest absolute Gasteiger partial charge is 0.418 e. The molecule has 2 aromatic rings. The third-order valence-corrected chi connectivity index (χ3v) is 2.73. The van der Waals surface area contributed by atoms with Crippen LogP contribution in [0.3, 0.4) is 0 Å². The predicted molar refractivity (Wildman–Crippen MR) is 77.9 cm³/mol. The van der Waals surface area contributed by atoms with Crippen LogP contribution in [0.4, 0.5) is 30.6 Å². The fourth-order valence-corrected chi connectivity index (χ4v) is 1.71. The van der Waals surface area contributed by atoms with Gasteiger partial charge in [0.1, 0.15) is 0 Å². The number of anilines is 3. The second-order valence-electron chi connectivity index (χ2n) is 5.11. The smallest absolute Gasteiger partial charge is 0.368 e. The molecule has 0 fully saturated rings. The Bertz CT molecular complexity index is 628. The molecule has 2 rings (SSSR count). The zero-order valence-electron chi connectivity index (χ0n) is 12.1. The Morgan fingerprint density at radius 1 is 1.18 bits per heavy atom. The highest BCUT2D eigenvalue weighted by Crippen LogP contribution is 2.35. The SMILES string of the molecule is CC(C)CNc1cnnc(Nc2ccccc2C(F)(F)F)n1. The molecule has 8 heteroatoms. The molecule has 0 aliphatic carbocycles. The number of hydrogen-bond acceptors (Lipinski definition) is 5. The van der Waals surface area contributed by atoms with Gasteiger partial charge in [-0.25, -0.2) is 0 Å². The lowest BCUT2D eigenvalue weighted by Gasteiger charge is -2.13. The summed E-state index contributed by atoms with van der Waals surface area (Å²) >= 11 is 0. The fraction of sp³-hybridized carbons (Fsp3) is 0.357. The Kier molecular flexibility index (Phi) is 4.79. The molecule has 2 N–H and O–H groups in total. The average molecular weight is 311 g/mol. The highest BCUT2D eigenvalue weighted by atomic mass is 19.4. The Hall–Kier alpha value is -2.38. The van der Waals surface area contributed by atoms with Gasteiger partial charge in [-0.1, -0.05) is 26.0 Å². The van der Waals surface area contributed by atoms with Gasteiger partial charge in [-0.2, -0.15) is 23.3 Å². The zero-order chi connectivity index (χ0) is 16.2. The van der Waals surface area contributed by atoms with Crippen LogP contribution in [0, 0.1) is 5.92 Å². The van der Waals surface area contributed by atoms with E-state index in [1.54, 1.807) is 0 Å². The summed E-state index contributed by atoms with van der Waals surface area (Å²) in [5.41, 5.74) is -0.892. The van der Waals surface area contributed by atoms with Crippen LogP contribution in [0.25, 0.3) is 0 Å². The second-order valence-corrected chi connectivity index (χ2v) is 5.11. The maximum absolute atomic E-state index is 12.9. The van der Waals surface area contributed by atoms with Crippen molar-refractivity contribution in [3.8, 4) is 0 Å². The van der Waals surface area contributed by atoms with E-state index in [2.05, 4.69) is 25.8 Å². The minimum Gasteiger partial charge on any atom is -0.368 e. The molecule has 118 valence electrons. The minimum absolute atomic E-state index is 0.00505. The van der Waals surface area contributed by atoms with E-state index in [0.717, 1.165) is 6.07 Å². The molecule has 0 saturated carbocycles. The van der Waals surface area contributed by atoms with E-state index in [0.29, 0.717) is 18.3 Å². The number of para-hydroxylation sites is 1. The summed E-state index contributed by atoms with van der Waals surface area (Å²) in [4.78, 5) is 4.10. The third-order valence-electron chi connectivity index (χ3n) is 2.73. The highest BCUT2D eigenvalue weighted by molar-refractivity contribution is 5.59. The van der Waals surface area contributed by atoms with Gasteiger partial charge in [0, 0.05) is 6.54 Å². The van der Waals surface area contributed by atoms with Crippen LogP contribution in [-0.4, -0.2) is 21.7 Å². The van der Waals surface area contributed by atoms with Gasteiger partial charge < -0.3 is 10.6 Å². The van der Waals surface area contributed by atoms with Crippen molar-refractivity contribution in [3.63, 3.8) is 0 Å². The molecule has 0 bridgehead atoms. The summed E-state index contributed by atoms with van der Waals surface area (Å²) in [6.45, 7) is 4.73. The minimum atomic E-state index is -4.45. The van der Waals surface area contributed by atoms with Crippen molar-refractivity contribution in [2.24, 2.45) is 5.92 Å². The maximum Gasteiger partial charge on any atom is 0.418 e. The molecule has 0 amide bonds. The Morgan fingerprint density at radius 2 is 1.91 bits per heavy atom. The number of alkyl halides is 3. The molecular formula is C14H16F3N5. The van der Waals surface area contributed by atoms with E-state index in [1.807, 2.05) is 13.8 Å². The molecule has 0 aliphatic heterocycles. The van der Waals surface area contributed by atoms with Crippen LogP contribution in [0.15, 0.2) is 30.5 Å². The van der Waals surface area contributed by atoms with Crippen molar-refractivity contribution in [2.75, 3.05) is 17.2 Å². The third kappa shape index (κ3) is 4.31. The van der Waals surface area contributed by atoms with E-state index in [9.17, 15) is 13.2 Å². The van der Waals surface area contributed by atoms with Crippen LogP contribution >= 0.6 is 0 Å². The molecule has 22 heavy (non-hydrogen) atoms. The lowest BCUT2D eigenvalue weighted by atomic mass is 10.1. The molecule has 1 aromatic heterocycles. The van der Waals surface area contributed by atoms with E-state index < -0.39 is 11.7 Å². The predicted octanol–water partition coefficient (Wildman–Crippen LogP) is 3.70. The van der Waals surface area contributed by atoms with Gasteiger partial charge >= 0.3 is 6.18 Å². The van der Waals surface area contributed by atoms with Crippen molar-refractivity contribution >= 4 is 17.5 Å². The Labute approximate surface area is 126 Å². The normalized spacial score (nSPS) is 11.5. The van der Waals surface area contributed by atoms with Crippen LogP contribution < -0.4 is 10.6 Å². The first-order valence-electron chi connectivity index (χ1n) is 6.73. The van der Waals surface area contributed by atoms with Crippen molar-refractivity contribution in [2.45, 2.75) is 20.0 Å². The first-order valence-corrected chi connectivity index (χ1v) is 6.73. The van der Waals surface area contributed by atoms with Gasteiger partial charge in [0.05, 0.1) is 17.4 Å². The van der Waals surface area contributed by atoms with Crippen LogP contribution in [-0.2, 0) is 6.18 Å².